The van der Waals surface area contributed by atoms with Crippen molar-refractivity contribution in [3.63, 3.8) is 0 Å². The molecule has 2 heterocycles. The van der Waals surface area contributed by atoms with Gasteiger partial charge in [-0.2, -0.15) is 0 Å². The van der Waals surface area contributed by atoms with Crippen LogP contribution < -0.4 is 16.1 Å². The van der Waals surface area contributed by atoms with Crippen LogP contribution in [-0.4, -0.2) is 47.6 Å². The number of aromatic amines is 2. The summed E-state index contributed by atoms with van der Waals surface area (Å²) in [4.78, 5) is 33.0. The maximum atomic E-state index is 11.9. The van der Waals surface area contributed by atoms with Crippen molar-refractivity contribution in [1.29, 1.82) is 0 Å². The third-order valence-corrected chi connectivity index (χ3v) is 4.22. The zero-order valence-electron chi connectivity index (χ0n) is 14.4. The van der Waals surface area contributed by atoms with Gasteiger partial charge < -0.3 is 14.8 Å². The number of H-pyrrole nitrogens is 2. The average Bonchev–Trinajstić information content (AvgIpc) is 2.56. The summed E-state index contributed by atoms with van der Waals surface area (Å²) in [5.74, 6) is 0. The van der Waals surface area contributed by atoms with Crippen LogP contribution in [-0.2, 0) is 0 Å². The number of nitrogens with one attached hydrogen (secondary N) is 2. The summed E-state index contributed by atoms with van der Waals surface area (Å²) in [7, 11) is 0. The lowest BCUT2D eigenvalue weighted by atomic mass is 10.1. The molecule has 1 aliphatic rings. The van der Waals surface area contributed by atoms with Crippen LogP contribution in [0.5, 0.6) is 0 Å². The van der Waals surface area contributed by atoms with Crippen molar-refractivity contribution in [1.82, 2.24) is 14.9 Å². The molecule has 23 heavy (non-hydrogen) atoms. The van der Waals surface area contributed by atoms with Gasteiger partial charge in [-0.3, -0.25) is 9.78 Å². The van der Waals surface area contributed by atoms with Crippen LogP contribution in [0.2, 0.25) is 0 Å². The molecule has 6 nitrogen and oxygen atoms in total. The van der Waals surface area contributed by atoms with E-state index in [0.29, 0.717) is 10.9 Å². The Balaban J connectivity index is 0.000000924. The Labute approximate surface area is 136 Å². The van der Waals surface area contributed by atoms with Crippen molar-refractivity contribution in [3.8, 4) is 0 Å². The minimum absolute atomic E-state index is 0.331. The van der Waals surface area contributed by atoms with Crippen molar-refractivity contribution < 1.29 is 0 Å². The predicted molar refractivity (Wildman–Crippen MR) is 95.6 cm³/mol. The van der Waals surface area contributed by atoms with E-state index in [1.54, 1.807) is 0 Å². The van der Waals surface area contributed by atoms with Crippen LogP contribution in [0.25, 0.3) is 10.9 Å². The Hall–Kier alpha value is -2.08. The summed E-state index contributed by atoms with van der Waals surface area (Å²) in [6, 6.07) is 3.77. The van der Waals surface area contributed by atoms with Crippen molar-refractivity contribution in [3.05, 3.63) is 38.5 Å². The fourth-order valence-electron chi connectivity index (χ4n) is 2.96. The van der Waals surface area contributed by atoms with Gasteiger partial charge in [0.25, 0.3) is 5.56 Å². The number of anilines is 1. The van der Waals surface area contributed by atoms with Gasteiger partial charge in [-0.25, -0.2) is 4.79 Å². The molecular formula is C17H26N4O2. The Morgan fingerprint density at radius 1 is 1.04 bits per heavy atom. The Morgan fingerprint density at radius 2 is 1.70 bits per heavy atom. The van der Waals surface area contributed by atoms with Gasteiger partial charge in [-0.05, 0) is 31.2 Å². The molecule has 0 amide bonds. The van der Waals surface area contributed by atoms with Gasteiger partial charge in [-0.15, -0.1) is 0 Å². The topological polar surface area (TPSA) is 72.2 Å². The zero-order chi connectivity index (χ0) is 17.0. The number of aryl methyl sites for hydroxylation is 1. The van der Waals surface area contributed by atoms with Gasteiger partial charge in [0.05, 0.1) is 10.9 Å². The number of hydrogen-bond donors (Lipinski definition) is 2. The molecule has 0 spiro atoms. The lowest BCUT2D eigenvalue weighted by Crippen LogP contribution is -2.46. The molecule has 3 rings (SSSR count). The largest absolute Gasteiger partial charge is 0.369 e. The molecule has 1 fully saturated rings. The Kier molecular flexibility index (Phi) is 5.60. The molecule has 1 aliphatic heterocycles. The van der Waals surface area contributed by atoms with E-state index in [4.69, 9.17) is 0 Å². The van der Waals surface area contributed by atoms with Crippen molar-refractivity contribution in [2.24, 2.45) is 0 Å². The second kappa shape index (κ2) is 7.46. The van der Waals surface area contributed by atoms with Gasteiger partial charge in [0.1, 0.15) is 0 Å². The SMILES string of the molecule is CC.CCN1CCN(c2cc3c(=O)[nH]c(=O)[nH]c3cc2C)CC1. The van der Waals surface area contributed by atoms with Crippen LogP contribution in [0.4, 0.5) is 5.69 Å². The number of nitrogens with zero attached hydrogens (tertiary/aromatic N) is 2. The van der Waals surface area contributed by atoms with Gasteiger partial charge in [0, 0.05) is 31.9 Å². The van der Waals surface area contributed by atoms with Crippen molar-refractivity contribution in [2.75, 3.05) is 37.6 Å². The van der Waals surface area contributed by atoms with E-state index in [9.17, 15) is 9.59 Å². The number of hydrogen-bond acceptors (Lipinski definition) is 4. The third kappa shape index (κ3) is 3.64. The molecule has 2 N–H and O–H groups in total. The van der Waals surface area contributed by atoms with E-state index in [-0.39, 0.29) is 5.56 Å². The maximum Gasteiger partial charge on any atom is 0.326 e. The summed E-state index contributed by atoms with van der Waals surface area (Å²) >= 11 is 0. The molecule has 0 unspecified atom stereocenters. The second-order valence-electron chi connectivity index (χ2n) is 5.51. The van der Waals surface area contributed by atoms with Crippen LogP contribution in [0.3, 0.4) is 0 Å². The number of likely N-dealkylation sites (N-methyl/N-ethyl adjacent to an activating group) is 1. The number of fused-ring (bicyclic) bond motifs is 1. The first-order chi connectivity index (χ1) is 11.1. The standard InChI is InChI=1S/C15H20N4O2.C2H6/c1-3-18-4-6-19(7-5-18)13-9-11-12(8-10(13)2)16-15(21)17-14(11)20;1-2/h8-9H,3-7H2,1-2H3,(H2,16,17,20,21);1-2H3. The van der Waals surface area contributed by atoms with E-state index in [1.165, 1.54) is 0 Å². The molecule has 6 heteroatoms. The van der Waals surface area contributed by atoms with E-state index < -0.39 is 5.69 Å². The minimum atomic E-state index is -0.462. The predicted octanol–water partition coefficient (Wildman–Crippen LogP) is 1.69. The summed E-state index contributed by atoms with van der Waals surface area (Å²) < 4.78 is 0. The van der Waals surface area contributed by atoms with Crippen LogP contribution >= 0.6 is 0 Å². The van der Waals surface area contributed by atoms with Crippen LogP contribution in [0.15, 0.2) is 21.7 Å². The highest BCUT2D eigenvalue weighted by molar-refractivity contribution is 5.83. The number of rotatable bonds is 2. The normalized spacial score (nSPS) is 15.4. The Morgan fingerprint density at radius 3 is 2.30 bits per heavy atom. The van der Waals surface area contributed by atoms with Gasteiger partial charge in [-0.1, -0.05) is 20.8 Å². The molecule has 2 aromatic rings. The maximum absolute atomic E-state index is 11.9. The highest BCUT2D eigenvalue weighted by atomic mass is 16.2. The molecule has 0 atom stereocenters. The molecule has 0 bridgehead atoms. The summed E-state index contributed by atoms with van der Waals surface area (Å²) in [5.41, 5.74) is 1.96. The average molecular weight is 318 g/mol. The smallest absolute Gasteiger partial charge is 0.326 e. The van der Waals surface area contributed by atoms with Crippen molar-refractivity contribution >= 4 is 16.6 Å². The lowest BCUT2D eigenvalue weighted by molar-refractivity contribution is 0.271. The molecular weight excluding hydrogens is 292 g/mol. The van der Waals surface area contributed by atoms with Gasteiger partial charge in [0.15, 0.2) is 0 Å². The highest BCUT2D eigenvalue weighted by Gasteiger charge is 2.18. The van der Waals surface area contributed by atoms with E-state index in [1.807, 2.05) is 32.9 Å². The first kappa shape index (κ1) is 17.3. The summed E-state index contributed by atoms with van der Waals surface area (Å²) in [6.07, 6.45) is 0. The zero-order valence-corrected chi connectivity index (χ0v) is 14.4. The molecule has 0 aliphatic carbocycles. The molecule has 0 radical (unpaired) electrons. The third-order valence-electron chi connectivity index (χ3n) is 4.22. The van der Waals surface area contributed by atoms with Crippen LogP contribution in [0.1, 0.15) is 26.3 Å². The lowest BCUT2D eigenvalue weighted by Gasteiger charge is -2.36. The number of aromatic nitrogens is 2. The van der Waals surface area contributed by atoms with E-state index in [0.717, 1.165) is 44.0 Å². The van der Waals surface area contributed by atoms with E-state index >= 15 is 0 Å². The highest BCUT2D eigenvalue weighted by Crippen LogP contribution is 2.24. The van der Waals surface area contributed by atoms with Crippen LogP contribution in [0, 0.1) is 6.92 Å². The minimum Gasteiger partial charge on any atom is -0.369 e. The van der Waals surface area contributed by atoms with E-state index in [2.05, 4.69) is 26.7 Å². The first-order valence-electron chi connectivity index (χ1n) is 8.32. The number of piperazine rings is 1. The van der Waals surface area contributed by atoms with Crippen molar-refractivity contribution in [2.45, 2.75) is 27.7 Å². The second-order valence-corrected chi connectivity index (χ2v) is 5.51. The summed E-state index contributed by atoms with van der Waals surface area (Å²) in [5, 5.41) is 0.535. The van der Waals surface area contributed by atoms with Gasteiger partial charge in [0.2, 0.25) is 0 Å². The molecule has 0 saturated carbocycles. The molecule has 126 valence electrons. The molecule has 1 aromatic heterocycles. The fourth-order valence-corrected chi connectivity index (χ4v) is 2.96. The quantitative estimate of drug-likeness (QED) is 0.884. The fraction of sp³-hybridized carbons (Fsp3) is 0.529. The Bertz CT molecular complexity index is 770. The first-order valence-corrected chi connectivity index (χ1v) is 8.32. The molecule has 1 aromatic carbocycles. The molecule has 1 saturated heterocycles. The monoisotopic (exact) mass is 318 g/mol. The van der Waals surface area contributed by atoms with Gasteiger partial charge >= 0.3 is 5.69 Å². The number of benzene rings is 1. The summed E-state index contributed by atoms with van der Waals surface area (Å²) in [6.45, 7) is 13.3.